The SMILES string of the molecule is O=C(CCc1ccc2ccccc2c1)NNC(=O)c1ccc(Br)s1. The molecule has 1 aromatic heterocycles. The van der Waals surface area contributed by atoms with Crippen LogP contribution >= 0.6 is 27.3 Å². The zero-order valence-corrected chi connectivity index (χ0v) is 15.1. The van der Waals surface area contributed by atoms with Crippen molar-refractivity contribution >= 4 is 49.9 Å². The number of hydrogen-bond acceptors (Lipinski definition) is 3. The molecule has 0 aliphatic rings. The van der Waals surface area contributed by atoms with Gasteiger partial charge in [-0.05, 0) is 50.8 Å². The highest BCUT2D eigenvalue weighted by atomic mass is 79.9. The van der Waals surface area contributed by atoms with Crippen LogP contribution in [0.25, 0.3) is 10.8 Å². The lowest BCUT2D eigenvalue weighted by atomic mass is 10.0. The summed E-state index contributed by atoms with van der Waals surface area (Å²) in [4.78, 5) is 24.3. The van der Waals surface area contributed by atoms with Crippen LogP contribution in [0.4, 0.5) is 0 Å². The Bertz CT molecular complexity index is 891. The molecule has 6 heteroatoms. The number of fused-ring (bicyclic) bond motifs is 1. The third-order valence-electron chi connectivity index (χ3n) is 3.57. The molecule has 0 unspecified atom stereocenters. The van der Waals surface area contributed by atoms with Crippen LogP contribution in [0.5, 0.6) is 0 Å². The van der Waals surface area contributed by atoms with Crippen molar-refractivity contribution in [1.82, 2.24) is 10.9 Å². The van der Waals surface area contributed by atoms with Crippen LogP contribution in [0.15, 0.2) is 58.4 Å². The molecular formula is C18H15BrN2O2S. The van der Waals surface area contributed by atoms with Crippen molar-refractivity contribution in [3.05, 3.63) is 68.8 Å². The molecule has 0 saturated heterocycles. The molecule has 0 atom stereocenters. The molecule has 122 valence electrons. The Morgan fingerprint density at radius 3 is 2.50 bits per heavy atom. The van der Waals surface area contributed by atoms with Crippen molar-refractivity contribution in [3.8, 4) is 0 Å². The van der Waals surface area contributed by atoms with Crippen LogP contribution in [-0.4, -0.2) is 11.8 Å². The Morgan fingerprint density at radius 2 is 1.75 bits per heavy atom. The second-order valence-corrected chi connectivity index (χ2v) is 7.75. The van der Waals surface area contributed by atoms with Crippen molar-refractivity contribution in [1.29, 1.82) is 0 Å². The molecule has 4 nitrogen and oxygen atoms in total. The van der Waals surface area contributed by atoms with Crippen LogP contribution in [-0.2, 0) is 11.2 Å². The van der Waals surface area contributed by atoms with Crippen molar-refractivity contribution in [2.75, 3.05) is 0 Å². The molecule has 3 rings (SSSR count). The fourth-order valence-corrected chi connectivity index (χ4v) is 3.62. The monoisotopic (exact) mass is 402 g/mol. The Hall–Kier alpha value is -2.18. The minimum atomic E-state index is -0.315. The smallest absolute Gasteiger partial charge is 0.273 e. The third-order valence-corrected chi connectivity index (χ3v) is 5.19. The summed E-state index contributed by atoms with van der Waals surface area (Å²) in [5.41, 5.74) is 5.97. The van der Waals surface area contributed by atoms with E-state index in [4.69, 9.17) is 0 Å². The first kappa shape index (κ1) is 16.7. The fourth-order valence-electron chi connectivity index (χ4n) is 2.34. The highest BCUT2D eigenvalue weighted by Crippen LogP contribution is 2.21. The highest BCUT2D eigenvalue weighted by Gasteiger charge is 2.09. The summed E-state index contributed by atoms with van der Waals surface area (Å²) < 4.78 is 0.871. The van der Waals surface area contributed by atoms with Gasteiger partial charge < -0.3 is 0 Å². The number of rotatable bonds is 4. The number of hydrogen-bond donors (Lipinski definition) is 2. The van der Waals surface area contributed by atoms with Gasteiger partial charge >= 0.3 is 0 Å². The number of amides is 2. The van der Waals surface area contributed by atoms with Crippen molar-refractivity contribution in [2.45, 2.75) is 12.8 Å². The topological polar surface area (TPSA) is 58.2 Å². The summed E-state index contributed by atoms with van der Waals surface area (Å²) in [7, 11) is 0. The van der Waals surface area contributed by atoms with Crippen LogP contribution in [0, 0.1) is 0 Å². The number of benzene rings is 2. The van der Waals surface area contributed by atoms with Gasteiger partial charge in [0.05, 0.1) is 8.66 Å². The Balaban J connectivity index is 1.50. The minimum Gasteiger partial charge on any atom is -0.273 e. The predicted molar refractivity (Wildman–Crippen MR) is 99.9 cm³/mol. The van der Waals surface area contributed by atoms with Gasteiger partial charge in [0.2, 0.25) is 5.91 Å². The van der Waals surface area contributed by atoms with E-state index in [0.717, 1.165) is 14.7 Å². The minimum absolute atomic E-state index is 0.216. The summed E-state index contributed by atoms with van der Waals surface area (Å²) in [6.07, 6.45) is 0.934. The quantitative estimate of drug-likeness (QED) is 0.646. The number of carbonyl (C=O) groups is 2. The second kappa shape index (κ2) is 7.59. The summed E-state index contributed by atoms with van der Waals surface area (Å²) in [5.74, 6) is -0.531. The maximum Gasteiger partial charge on any atom is 0.279 e. The van der Waals surface area contributed by atoms with Crippen LogP contribution in [0.2, 0.25) is 0 Å². The molecule has 2 aromatic carbocycles. The molecule has 0 fully saturated rings. The molecule has 0 radical (unpaired) electrons. The molecule has 0 aliphatic heterocycles. The molecule has 3 aromatic rings. The number of halogens is 1. The number of hydrazine groups is 1. The van der Waals surface area contributed by atoms with Gasteiger partial charge in [-0.25, -0.2) is 0 Å². The largest absolute Gasteiger partial charge is 0.279 e. The molecular weight excluding hydrogens is 388 g/mol. The first-order valence-electron chi connectivity index (χ1n) is 7.44. The predicted octanol–water partition coefficient (Wildman–Crippen LogP) is 4.06. The van der Waals surface area contributed by atoms with E-state index in [1.165, 1.54) is 16.7 Å². The molecule has 1 heterocycles. The number of nitrogens with one attached hydrogen (secondary N) is 2. The maximum absolute atomic E-state index is 11.9. The van der Waals surface area contributed by atoms with Gasteiger partial charge in [0.15, 0.2) is 0 Å². The lowest BCUT2D eigenvalue weighted by molar-refractivity contribution is -0.121. The van der Waals surface area contributed by atoms with Gasteiger partial charge in [-0.15, -0.1) is 11.3 Å². The van der Waals surface area contributed by atoms with E-state index in [1.807, 2.05) is 18.2 Å². The third kappa shape index (κ3) is 4.21. The molecule has 2 amide bonds. The summed E-state index contributed by atoms with van der Waals surface area (Å²) in [6, 6.07) is 17.8. The number of thiophene rings is 1. The lowest BCUT2D eigenvalue weighted by Gasteiger charge is -2.07. The van der Waals surface area contributed by atoms with Gasteiger partial charge in [0.1, 0.15) is 0 Å². The van der Waals surface area contributed by atoms with E-state index in [0.29, 0.717) is 17.7 Å². The molecule has 24 heavy (non-hydrogen) atoms. The Morgan fingerprint density at radius 1 is 0.958 bits per heavy atom. The van der Waals surface area contributed by atoms with Gasteiger partial charge in [-0.3, -0.25) is 20.4 Å². The molecule has 0 aliphatic carbocycles. The van der Waals surface area contributed by atoms with E-state index < -0.39 is 0 Å². The van der Waals surface area contributed by atoms with Crippen LogP contribution in [0.3, 0.4) is 0 Å². The Labute approximate surface area is 152 Å². The van der Waals surface area contributed by atoms with E-state index in [2.05, 4.69) is 51.0 Å². The van der Waals surface area contributed by atoms with Gasteiger partial charge in [0, 0.05) is 6.42 Å². The van der Waals surface area contributed by atoms with E-state index in [9.17, 15) is 9.59 Å². The summed E-state index contributed by atoms with van der Waals surface area (Å²) in [6.45, 7) is 0. The van der Waals surface area contributed by atoms with Crippen molar-refractivity contribution in [3.63, 3.8) is 0 Å². The van der Waals surface area contributed by atoms with Crippen LogP contribution in [0.1, 0.15) is 21.7 Å². The fraction of sp³-hybridized carbons (Fsp3) is 0.111. The van der Waals surface area contributed by atoms with E-state index in [1.54, 1.807) is 12.1 Å². The summed E-state index contributed by atoms with van der Waals surface area (Å²) >= 11 is 4.61. The molecule has 0 bridgehead atoms. The van der Waals surface area contributed by atoms with Crippen molar-refractivity contribution < 1.29 is 9.59 Å². The Kier molecular flexibility index (Phi) is 5.27. The zero-order valence-electron chi connectivity index (χ0n) is 12.7. The standard InChI is InChI=1S/C18H15BrN2O2S/c19-16-9-8-15(24-16)18(23)21-20-17(22)10-6-12-5-7-13-3-1-2-4-14(13)11-12/h1-5,7-9,11H,6,10H2,(H,20,22)(H,21,23). The normalized spacial score (nSPS) is 10.5. The number of aryl methyl sites for hydroxylation is 1. The van der Waals surface area contributed by atoms with Crippen molar-refractivity contribution in [2.24, 2.45) is 0 Å². The van der Waals surface area contributed by atoms with E-state index >= 15 is 0 Å². The average Bonchev–Trinajstić information content (AvgIpc) is 3.04. The van der Waals surface area contributed by atoms with Crippen LogP contribution < -0.4 is 10.9 Å². The van der Waals surface area contributed by atoms with E-state index in [-0.39, 0.29) is 11.8 Å². The van der Waals surface area contributed by atoms with Gasteiger partial charge in [0.25, 0.3) is 5.91 Å². The lowest BCUT2D eigenvalue weighted by Crippen LogP contribution is -2.41. The molecule has 0 spiro atoms. The summed E-state index contributed by atoms with van der Waals surface area (Å²) in [5, 5.41) is 2.34. The second-order valence-electron chi connectivity index (χ2n) is 5.29. The highest BCUT2D eigenvalue weighted by molar-refractivity contribution is 9.11. The van der Waals surface area contributed by atoms with Gasteiger partial charge in [-0.1, -0.05) is 42.5 Å². The zero-order chi connectivity index (χ0) is 16.9. The number of carbonyl (C=O) groups excluding carboxylic acids is 2. The first-order chi connectivity index (χ1) is 11.6. The first-order valence-corrected chi connectivity index (χ1v) is 9.05. The average molecular weight is 403 g/mol. The maximum atomic E-state index is 11.9. The van der Waals surface area contributed by atoms with Gasteiger partial charge in [-0.2, -0.15) is 0 Å². The molecule has 2 N–H and O–H groups in total. The molecule has 0 saturated carbocycles.